The predicted molar refractivity (Wildman–Crippen MR) is 92.0 cm³/mol. The van der Waals surface area contributed by atoms with Gasteiger partial charge in [-0.2, -0.15) is 0 Å². The maximum absolute atomic E-state index is 2.34. The zero-order chi connectivity index (χ0) is 14.9. The smallest absolute Gasteiger partial charge is 0.0816 e. The summed E-state index contributed by atoms with van der Waals surface area (Å²) in [4.78, 5) is 0. The Hall–Kier alpha value is -1.50. The van der Waals surface area contributed by atoms with E-state index in [2.05, 4.69) is 84.9 Å². The molecule has 2 aromatic rings. The molecule has 0 radical (unpaired) electrons. The van der Waals surface area contributed by atoms with Gasteiger partial charge >= 0.3 is 0 Å². The highest BCUT2D eigenvalue weighted by Crippen LogP contribution is 2.33. The molecule has 20 heavy (non-hydrogen) atoms. The topological polar surface area (TPSA) is 0 Å². The van der Waals surface area contributed by atoms with Crippen molar-refractivity contribution in [2.45, 2.75) is 46.0 Å². The molecule has 2 aromatic carbocycles. The lowest BCUT2D eigenvalue weighted by Crippen LogP contribution is -2.30. The Morgan fingerprint density at radius 2 is 1.50 bits per heavy atom. The van der Waals surface area contributed by atoms with Crippen LogP contribution in [0.15, 0.2) is 42.5 Å². The first kappa shape index (κ1) is 14.9. The summed E-state index contributed by atoms with van der Waals surface area (Å²) in [5.74, 6) is 0.572. The van der Waals surface area contributed by atoms with Crippen molar-refractivity contribution in [1.29, 1.82) is 0 Å². The van der Waals surface area contributed by atoms with Crippen LogP contribution in [-0.4, -0.2) is 7.85 Å². The van der Waals surface area contributed by atoms with E-state index in [1.807, 2.05) is 0 Å². The monoisotopic (exact) mass is 264 g/mol. The number of rotatable bonds is 3. The molecule has 0 N–H and O–H groups in total. The molecular weight excluding hydrogens is 239 g/mol. The molecule has 0 spiro atoms. The largest absolute Gasteiger partial charge is 0.140 e. The second-order valence-electron chi connectivity index (χ2n) is 6.61. The number of hydrogen-bond acceptors (Lipinski definition) is 0. The van der Waals surface area contributed by atoms with E-state index in [1.165, 1.54) is 27.7 Å². The average molecular weight is 264 g/mol. The fourth-order valence-electron chi connectivity index (χ4n) is 3.38. The van der Waals surface area contributed by atoms with Gasteiger partial charge in [0.1, 0.15) is 7.85 Å². The Labute approximate surface area is 124 Å². The number of aryl methyl sites for hydroxylation is 1. The van der Waals surface area contributed by atoms with Crippen LogP contribution in [0.25, 0.3) is 0 Å². The summed E-state index contributed by atoms with van der Waals surface area (Å²) in [7, 11) is 2.27. The van der Waals surface area contributed by atoms with Gasteiger partial charge in [-0.15, -0.1) is 0 Å². The lowest BCUT2D eigenvalue weighted by Gasteiger charge is -2.31. The molecule has 2 rings (SSSR count). The predicted octanol–water partition coefficient (Wildman–Crippen LogP) is 3.70. The van der Waals surface area contributed by atoms with Crippen LogP contribution in [0.2, 0.25) is 0 Å². The van der Waals surface area contributed by atoms with E-state index < -0.39 is 0 Å². The van der Waals surface area contributed by atoms with Crippen LogP contribution in [0.5, 0.6) is 0 Å². The molecule has 0 unspecified atom stereocenters. The molecule has 0 amide bonds. The molecule has 0 nitrogen and oxygen atoms in total. The van der Waals surface area contributed by atoms with Crippen LogP contribution in [-0.2, 0) is 5.41 Å². The normalized spacial score (nSPS) is 11.9. The van der Waals surface area contributed by atoms with Crippen LogP contribution in [0.3, 0.4) is 0 Å². The molecule has 0 bridgehead atoms. The van der Waals surface area contributed by atoms with Gasteiger partial charge in [0.05, 0.1) is 0 Å². The van der Waals surface area contributed by atoms with Crippen molar-refractivity contribution in [3.05, 3.63) is 64.7 Å². The molecule has 0 aliphatic rings. The summed E-state index contributed by atoms with van der Waals surface area (Å²) >= 11 is 0. The minimum atomic E-state index is 0.0420. The third kappa shape index (κ3) is 2.54. The fraction of sp³-hybridized carbons (Fsp3) is 0.368. The maximum Gasteiger partial charge on any atom is 0.140 e. The Morgan fingerprint density at radius 3 is 2.10 bits per heavy atom. The standard InChI is InChI=1S/C19H25B/c1-13(2)15-10-8-12-17(18(15)20)19(4,5)16-11-7-6-9-14(16)3/h6-13H,20H2,1-5H3. The third-order valence-electron chi connectivity index (χ3n) is 4.49. The molecule has 0 fully saturated rings. The summed E-state index contributed by atoms with van der Waals surface area (Å²) in [6, 6.07) is 15.5. The molecule has 0 aliphatic carbocycles. The molecule has 0 aliphatic heterocycles. The van der Waals surface area contributed by atoms with Gasteiger partial charge in [0.25, 0.3) is 0 Å². The minimum Gasteiger partial charge on any atom is -0.0816 e. The van der Waals surface area contributed by atoms with E-state index in [1.54, 1.807) is 0 Å². The van der Waals surface area contributed by atoms with E-state index in [4.69, 9.17) is 0 Å². The summed E-state index contributed by atoms with van der Waals surface area (Å²) in [6.07, 6.45) is 0. The van der Waals surface area contributed by atoms with Gasteiger partial charge in [-0.05, 0) is 29.5 Å². The highest BCUT2D eigenvalue weighted by atomic mass is 14.3. The van der Waals surface area contributed by atoms with Crippen molar-refractivity contribution >= 4 is 13.3 Å². The van der Waals surface area contributed by atoms with Gasteiger partial charge in [-0.25, -0.2) is 0 Å². The van der Waals surface area contributed by atoms with Crippen LogP contribution < -0.4 is 5.46 Å². The first-order valence-corrected chi connectivity index (χ1v) is 7.51. The summed E-state index contributed by atoms with van der Waals surface area (Å²) in [5.41, 5.74) is 7.18. The highest BCUT2D eigenvalue weighted by molar-refractivity contribution is 6.34. The molecular formula is C19H25B. The van der Waals surface area contributed by atoms with E-state index >= 15 is 0 Å². The van der Waals surface area contributed by atoms with E-state index in [-0.39, 0.29) is 5.41 Å². The summed E-state index contributed by atoms with van der Waals surface area (Å²) in [5, 5.41) is 0. The van der Waals surface area contributed by atoms with Crippen molar-refractivity contribution in [3.63, 3.8) is 0 Å². The Kier molecular flexibility index (Phi) is 4.08. The third-order valence-corrected chi connectivity index (χ3v) is 4.49. The lowest BCUT2D eigenvalue weighted by molar-refractivity contribution is 0.638. The average Bonchev–Trinajstić information content (AvgIpc) is 2.38. The van der Waals surface area contributed by atoms with Gasteiger partial charge in [0.2, 0.25) is 0 Å². The van der Waals surface area contributed by atoms with Gasteiger partial charge in [-0.3, -0.25) is 0 Å². The summed E-state index contributed by atoms with van der Waals surface area (Å²) < 4.78 is 0. The summed E-state index contributed by atoms with van der Waals surface area (Å²) in [6.45, 7) is 11.4. The van der Waals surface area contributed by atoms with Crippen molar-refractivity contribution in [3.8, 4) is 0 Å². The SMILES string of the molecule is Bc1c(C(C)C)cccc1C(C)(C)c1ccccc1C. The van der Waals surface area contributed by atoms with Gasteiger partial charge in [0.15, 0.2) is 0 Å². The van der Waals surface area contributed by atoms with Crippen molar-refractivity contribution in [1.82, 2.24) is 0 Å². The molecule has 0 heterocycles. The van der Waals surface area contributed by atoms with Crippen LogP contribution in [0, 0.1) is 6.92 Å². The first-order chi connectivity index (χ1) is 9.35. The van der Waals surface area contributed by atoms with E-state index in [0.717, 1.165) is 0 Å². The van der Waals surface area contributed by atoms with Crippen molar-refractivity contribution < 1.29 is 0 Å². The van der Waals surface area contributed by atoms with E-state index in [0.29, 0.717) is 5.92 Å². The second-order valence-corrected chi connectivity index (χ2v) is 6.61. The Balaban J connectivity index is 2.61. The molecule has 0 saturated heterocycles. The number of benzene rings is 2. The maximum atomic E-state index is 2.34. The quantitative estimate of drug-likeness (QED) is 0.741. The van der Waals surface area contributed by atoms with Crippen molar-refractivity contribution in [2.75, 3.05) is 0 Å². The van der Waals surface area contributed by atoms with Gasteiger partial charge in [0, 0.05) is 5.41 Å². The zero-order valence-electron chi connectivity index (χ0n) is 13.6. The minimum absolute atomic E-state index is 0.0420. The lowest BCUT2D eigenvalue weighted by atomic mass is 9.69. The Bertz CT molecular complexity index is 609. The fourth-order valence-corrected chi connectivity index (χ4v) is 3.38. The van der Waals surface area contributed by atoms with Gasteiger partial charge < -0.3 is 0 Å². The zero-order valence-corrected chi connectivity index (χ0v) is 13.6. The van der Waals surface area contributed by atoms with E-state index in [9.17, 15) is 0 Å². The number of hydrogen-bond donors (Lipinski definition) is 0. The Morgan fingerprint density at radius 1 is 0.900 bits per heavy atom. The van der Waals surface area contributed by atoms with Crippen LogP contribution in [0.4, 0.5) is 0 Å². The molecule has 0 atom stereocenters. The molecule has 0 aromatic heterocycles. The highest BCUT2D eigenvalue weighted by Gasteiger charge is 2.26. The molecule has 104 valence electrons. The van der Waals surface area contributed by atoms with Crippen LogP contribution >= 0.6 is 0 Å². The van der Waals surface area contributed by atoms with Gasteiger partial charge in [-0.1, -0.05) is 81.2 Å². The molecule has 1 heteroatoms. The molecule has 0 saturated carbocycles. The second kappa shape index (κ2) is 5.48. The van der Waals surface area contributed by atoms with Crippen LogP contribution in [0.1, 0.15) is 55.9 Å². The van der Waals surface area contributed by atoms with Crippen molar-refractivity contribution in [2.24, 2.45) is 0 Å². The first-order valence-electron chi connectivity index (χ1n) is 7.51.